The summed E-state index contributed by atoms with van der Waals surface area (Å²) in [4.78, 5) is 30.1. The van der Waals surface area contributed by atoms with Crippen molar-refractivity contribution in [1.29, 1.82) is 0 Å². The number of hydrogen-bond donors (Lipinski definition) is 0. The maximum absolute atomic E-state index is 13.3. The molecule has 2 aliphatic rings. The van der Waals surface area contributed by atoms with Crippen LogP contribution in [0.4, 0.5) is 0 Å². The Bertz CT molecular complexity index is 1190. The average Bonchev–Trinajstić information content (AvgIpc) is 3.62. The van der Waals surface area contributed by atoms with Gasteiger partial charge in [0.05, 0.1) is 25.4 Å². The molecule has 1 fully saturated rings. The maximum Gasteiger partial charge on any atom is 0.274 e. The van der Waals surface area contributed by atoms with Gasteiger partial charge in [-0.3, -0.25) is 14.3 Å². The van der Waals surface area contributed by atoms with Gasteiger partial charge in [-0.2, -0.15) is 10.2 Å². The van der Waals surface area contributed by atoms with E-state index in [1.807, 2.05) is 40.8 Å². The molecule has 0 radical (unpaired) electrons. The molecule has 0 saturated carbocycles. The van der Waals surface area contributed by atoms with Gasteiger partial charge < -0.3 is 14.5 Å². The SMILES string of the molecule is CCn1nc(C(=O)N2CCCC2)c2c1CCN(C(=O)c1cnn(-c3ccccc3OC)c1)C2. The van der Waals surface area contributed by atoms with Crippen molar-refractivity contribution >= 4 is 11.8 Å². The van der Waals surface area contributed by atoms with E-state index in [-0.39, 0.29) is 11.8 Å². The van der Waals surface area contributed by atoms with E-state index in [4.69, 9.17) is 4.74 Å². The molecule has 0 spiro atoms. The Labute approximate surface area is 192 Å². The highest BCUT2D eigenvalue weighted by atomic mass is 16.5. The first-order chi connectivity index (χ1) is 16.1. The molecular weight excluding hydrogens is 420 g/mol. The predicted molar refractivity (Wildman–Crippen MR) is 122 cm³/mol. The zero-order chi connectivity index (χ0) is 22.9. The molecule has 0 aliphatic carbocycles. The van der Waals surface area contributed by atoms with Crippen LogP contribution in [0.3, 0.4) is 0 Å². The van der Waals surface area contributed by atoms with Gasteiger partial charge in [0.15, 0.2) is 5.69 Å². The van der Waals surface area contributed by atoms with Gasteiger partial charge in [-0.15, -0.1) is 0 Å². The van der Waals surface area contributed by atoms with E-state index < -0.39 is 0 Å². The van der Waals surface area contributed by atoms with E-state index in [0.717, 1.165) is 42.9 Å². The first kappa shape index (κ1) is 21.2. The maximum atomic E-state index is 13.3. The fourth-order valence-electron chi connectivity index (χ4n) is 4.73. The van der Waals surface area contributed by atoms with Crippen LogP contribution in [0.25, 0.3) is 5.69 Å². The van der Waals surface area contributed by atoms with Crippen molar-refractivity contribution in [3.63, 3.8) is 0 Å². The van der Waals surface area contributed by atoms with E-state index in [1.54, 1.807) is 29.1 Å². The summed E-state index contributed by atoms with van der Waals surface area (Å²) >= 11 is 0. The molecule has 0 atom stereocenters. The quantitative estimate of drug-likeness (QED) is 0.599. The van der Waals surface area contributed by atoms with E-state index in [2.05, 4.69) is 10.2 Å². The van der Waals surface area contributed by atoms with E-state index >= 15 is 0 Å². The summed E-state index contributed by atoms with van der Waals surface area (Å²) in [6, 6.07) is 7.54. The summed E-state index contributed by atoms with van der Waals surface area (Å²) in [6.45, 7) is 5.24. The Morgan fingerprint density at radius 1 is 1.06 bits per heavy atom. The molecular formula is C24H28N6O3. The molecule has 2 amide bonds. The fraction of sp³-hybridized carbons (Fsp3) is 0.417. The largest absolute Gasteiger partial charge is 0.494 e. The molecule has 2 aliphatic heterocycles. The summed E-state index contributed by atoms with van der Waals surface area (Å²) in [5, 5.41) is 9.02. The molecule has 9 nitrogen and oxygen atoms in total. The highest BCUT2D eigenvalue weighted by molar-refractivity contribution is 5.96. The molecule has 2 aromatic heterocycles. The topological polar surface area (TPSA) is 85.5 Å². The summed E-state index contributed by atoms with van der Waals surface area (Å²) < 4.78 is 8.98. The standard InChI is InChI=1S/C24H28N6O3/c1-3-29-19-10-13-28(16-18(19)22(26-29)24(32)27-11-6-7-12-27)23(31)17-14-25-30(15-17)20-8-4-5-9-21(20)33-2/h4-5,8-9,14-15H,3,6-7,10-13,16H2,1-2H3. The Morgan fingerprint density at radius 3 is 2.61 bits per heavy atom. The van der Waals surface area contributed by atoms with Gasteiger partial charge in [-0.05, 0) is 31.9 Å². The van der Waals surface area contributed by atoms with Crippen molar-refractivity contribution in [2.24, 2.45) is 0 Å². The normalized spacial score (nSPS) is 15.6. The van der Waals surface area contributed by atoms with Gasteiger partial charge in [0, 0.05) is 50.1 Å². The van der Waals surface area contributed by atoms with Crippen molar-refractivity contribution in [2.45, 2.75) is 39.3 Å². The minimum Gasteiger partial charge on any atom is -0.494 e. The first-order valence-electron chi connectivity index (χ1n) is 11.5. The van der Waals surface area contributed by atoms with Crippen molar-refractivity contribution in [1.82, 2.24) is 29.4 Å². The number of aromatic nitrogens is 4. The molecule has 0 bridgehead atoms. The Hall–Kier alpha value is -3.62. The van der Waals surface area contributed by atoms with E-state index in [0.29, 0.717) is 43.1 Å². The molecule has 0 unspecified atom stereocenters. The fourth-order valence-corrected chi connectivity index (χ4v) is 4.73. The van der Waals surface area contributed by atoms with Crippen LogP contribution in [0.1, 0.15) is 51.9 Å². The van der Waals surface area contributed by atoms with Gasteiger partial charge in [-0.25, -0.2) is 4.68 Å². The molecule has 3 aromatic rings. The molecule has 9 heteroatoms. The number of carbonyl (C=O) groups is 2. The molecule has 172 valence electrons. The third kappa shape index (κ3) is 3.77. The number of amides is 2. The second-order valence-corrected chi connectivity index (χ2v) is 8.41. The van der Waals surface area contributed by atoms with E-state index in [1.165, 1.54) is 0 Å². The number of benzene rings is 1. The Kier molecular flexibility index (Phi) is 5.62. The lowest BCUT2D eigenvalue weighted by Crippen LogP contribution is -2.37. The van der Waals surface area contributed by atoms with Crippen LogP contribution >= 0.6 is 0 Å². The van der Waals surface area contributed by atoms with Gasteiger partial charge in [0.1, 0.15) is 11.4 Å². The van der Waals surface area contributed by atoms with Crippen LogP contribution in [0, 0.1) is 0 Å². The molecule has 4 heterocycles. The highest BCUT2D eigenvalue weighted by Crippen LogP contribution is 2.27. The lowest BCUT2D eigenvalue weighted by molar-refractivity contribution is 0.0722. The number of hydrogen-bond acceptors (Lipinski definition) is 5. The number of aryl methyl sites for hydroxylation is 1. The van der Waals surface area contributed by atoms with Crippen LogP contribution in [0.2, 0.25) is 0 Å². The summed E-state index contributed by atoms with van der Waals surface area (Å²) in [7, 11) is 1.61. The lowest BCUT2D eigenvalue weighted by Gasteiger charge is -2.27. The Balaban J connectivity index is 1.40. The van der Waals surface area contributed by atoms with Gasteiger partial charge in [0.2, 0.25) is 0 Å². The first-order valence-corrected chi connectivity index (χ1v) is 11.5. The molecule has 5 rings (SSSR count). The van der Waals surface area contributed by atoms with Gasteiger partial charge in [0.25, 0.3) is 11.8 Å². The van der Waals surface area contributed by atoms with Crippen LogP contribution < -0.4 is 4.74 Å². The predicted octanol–water partition coefficient (Wildman–Crippen LogP) is 2.53. The minimum atomic E-state index is -0.106. The number of para-hydroxylation sites is 2. The van der Waals surface area contributed by atoms with Crippen molar-refractivity contribution in [3.8, 4) is 11.4 Å². The van der Waals surface area contributed by atoms with Gasteiger partial charge >= 0.3 is 0 Å². The second-order valence-electron chi connectivity index (χ2n) is 8.41. The third-order valence-electron chi connectivity index (χ3n) is 6.48. The number of ether oxygens (including phenoxy) is 1. The molecule has 1 aromatic carbocycles. The van der Waals surface area contributed by atoms with Crippen LogP contribution in [-0.4, -0.2) is 67.9 Å². The van der Waals surface area contributed by atoms with Crippen molar-refractivity contribution < 1.29 is 14.3 Å². The number of rotatable bonds is 5. The lowest BCUT2D eigenvalue weighted by atomic mass is 10.0. The van der Waals surface area contributed by atoms with E-state index in [9.17, 15) is 9.59 Å². The van der Waals surface area contributed by atoms with Crippen LogP contribution in [0.5, 0.6) is 5.75 Å². The monoisotopic (exact) mass is 448 g/mol. The summed E-state index contributed by atoms with van der Waals surface area (Å²) in [5.41, 5.74) is 3.71. The zero-order valence-electron chi connectivity index (χ0n) is 19.0. The number of carbonyl (C=O) groups excluding carboxylic acids is 2. The van der Waals surface area contributed by atoms with Crippen molar-refractivity contribution in [3.05, 3.63) is 59.2 Å². The summed E-state index contributed by atoms with van der Waals surface area (Å²) in [6.07, 6.45) is 6.04. The zero-order valence-corrected chi connectivity index (χ0v) is 19.0. The molecule has 1 saturated heterocycles. The number of likely N-dealkylation sites (tertiary alicyclic amines) is 1. The highest BCUT2D eigenvalue weighted by Gasteiger charge is 2.33. The third-order valence-corrected chi connectivity index (χ3v) is 6.48. The summed E-state index contributed by atoms with van der Waals surface area (Å²) in [5.74, 6) is 0.555. The van der Waals surface area contributed by atoms with Gasteiger partial charge in [-0.1, -0.05) is 12.1 Å². The number of nitrogens with zero attached hydrogens (tertiary/aromatic N) is 6. The number of methoxy groups -OCH3 is 1. The number of fused-ring (bicyclic) bond motifs is 1. The average molecular weight is 449 g/mol. The Morgan fingerprint density at radius 2 is 1.85 bits per heavy atom. The van der Waals surface area contributed by atoms with Crippen LogP contribution in [0.15, 0.2) is 36.7 Å². The molecule has 0 N–H and O–H groups in total. The van der Waals surface area contributed by atoms with Crippen molar-refractivity contribution in [2.75, 3.05) is 26.7 Å². The minimum absolute atomic E-state index is 0.0192. The smallest absolute Gasteiger partial charge is 0.274 e. The van der Waals surface area contributed by atoms with Crippen LogP contribution in [-0.2, 0) is 19.5 Å². The second kappa shape index (κ2) is 8.73. The molecule has 33 heavy (non-hydrogen) atoms.